The molecule has 8 heteroatoms. The predicted molar refractivity (Wildman–Crippen MR) is 118 cm³/mol. The van der Waals surface area contributed by atoms with E-state index in [0.717, 1.165) is 19.3 Å². The van der Waals surface area contributed by atoms with Gasteiger partial charge in [0.25, 0.3) is 11.8 Å². The quantitative estimate of drug-likeness (QED) is 0.708. The van der Waals surface area contributed by atoms with Crippen molar-refractivity contribution in [1.82, 2.24) is 9.62 Å². The van der Waals surface area contributed by atoms with Crippen molar-refractivity contribution in [3.63, 3.8) is 0 Å². The number of imide groups is 1. The number of halogens is 1. The lowest BCUT2D eigenvalue weighted by Gasteiger charge is -2.36. The van der Waals surface area contributed by atoms with Crippen molar-refractivity contribution in [2.45, 2.75) is 37.6 Å². The zero-order chi connectivity index (χ0) is 21.8. The van der Waals surface area contributed by atoms with Crippen molar-refractivity contribution in [1.29, 1.82) is 0 Å². The van der Waals surface area contributed by atoms with E-state index in [2.05, 4.69) is 4.72 Å². The average Bonchev–Trinajstić information content (AvgIpc) is 3.12. The lowest BCUT2D eigenvalue weighted by Crippen LogP contribution is -2.48. The molecule has 0 aromatic heterocycles. The highest BCUT2D eigenvalue weighted by Gasteiger charge is 2.51. The first-order valence-corrected chi connectivity index (χ1v) is 12.2. The van der Waals surface area contributed by atoms with Crippen molar-refractivity contribution in [2.75, 3.05) is 6.54 Å². The van der Waals surface area contributed by atoms with Gasteiger partial charge in [-0.15, -0.1) is 0 Å². The van der Waals surface area contributed by atoms with Crippen LogP contribution < -0.4 is 4.72 Å². The van der Waals surface area contributed by atoms with E-state index >= 15 is 0 Å². The molecule has 0 unspecified atom stereocenters. The third kappa shape index (κ3) is 3.23. The standard InChI is InChI=1S/C23H21ClN2O4S/c24-16-10-8-15(9-11-16)20-19(23(25-31(20,29)30)12-4-1-5-13-23)14-26-21(27)17-6-2-3-7-18(17)22(26)28/h2-3,6-11,25H,1,4-5,12-14H2. The normalized spacial score (nSPS) is 21.8. The third-order valence-corrected chi connectivity index (χ3v) is 8.39. The van der Waals surface area contributed by atoms with Gasteiger partial charge in [0.05, 0.1) is 28.1 Å². The van der Waals surface area contributed by atoms with E-state index < -0.39 is 15.6 Å². The second-order valence-corrected chi connectivity index (χ2v) is 10.4. The molecule has 6 nitrogen and oxygen atoms in total. The maximum Gasteiger partial charge on any atom is 0.261 e. The molecule has 0 bridgehead atoms. The number of rotatable bonds is 3. The number of benzene rings is 2. The number of hydrogen-bond acceptors (Lipinski definition) is 4. The Hall–Kier alpha value is -2.48. The molecule has 1 aliphatic carbocycles. The van der Waals surface area contributed by atoms with Crippen LogP contribution in [0.4, 0.5) is 0 Å². The SMILES string of the molecule is O=C1c2ccccc2C(=O)N1CC1=C(c2ccc(Cl)cc2)S(=O)(=O)NC12CCCCC2. The average molecular weight is 457 g/mol. The molecular formula is C23H21ClN2O4S. The van der Waals surface area contributed by atoms with E-state index in [1.807, 2.05) is 0 Å². The van der Waals surface area contributed by atoms with Gasteiger partial charge in [0.1, 0.15) is 0 Å². The molecule has 0 saturated heterocycles. The summed E-state index contributed by atoms with van der Waals surface area (Å²) < 4.78 is 29.5. The van der Waals surface area contributed by atoms with Gasteiger partial charge in [0, 0.05) is 5.02 Å². The monoisotopic (exact) mass is 456 g/mol. The molecule has 2 aromatic carbocycles. The van der Waals surface area contributed by atoms with E-state index in [4.69, 9.17) is 11.6 Å². The summed E-state index contributed by atoms with van der Waals surface area (Å²) in [5.74, 6) is -0.780. The van der Waals surface area contributed by atoms with Gasteiger partial charge in [-0.05, 0) is 48.2 Å². The van der Waals surface area contributed by atoms with Gasteiger partial charge in [-0.25, -0.2) is 13.1 Å². The molecule has 1 fully saturated rings. The fourth-order valence-electron chi connectivity index (χ4n) is 5.00. The number of hydrogen-bond donors (Lipinski definition) is 1. The zero-order valence-electron chi connectivity index (χ0n) is 16.7. The first-order chi connectivity index (χ1) is 14.8. The second-order valence-electron chi connectivity index (χ2n) is 8.30. The number of carbonyl (C=O) groups excluding carboxylic acids is 2. The number of sulfonamides is 1. The van der Waals surface area contributed by atoms with E-state index in [-0.39, 0.29) is 23.3 Å². The molecule has 1 saturated carbocycles. The predicted octanol–water partition coefficient (Wildman–Crippen LogP) is 3.98. The Morgan fingerprint density at radius 3 is 2.06 bits per heavy atom. The molecule has 160 valence electrons. The number of amides is 2. The Labute approximate surface area is 185 Å². The molecule has 1 spiro atoms. The molecule has 2 aromatic rings. The van der Waals surface area contributed by atoms with E-state index in [1.54, 1.807) is 48.5 Å². The van der Waals surface area contributed by atoms with Crippen LogP contribution in [0.5, 0.6) is 0 Å². The van der Waals surface area contributed by atoms with Crippen LogP contribution in [0.15, 0.2) is 54.1 Å². The van der Waals surface area contributed by atoms with Crippen LogP contribution in [0.2, 0.25) is 5.02 Å². The Bertz CT molecular complexity index is 1190. The molecule has 1 N–H and O–H groups in total. The zero-order valence-corrected chi connectivity index (χ0v) is 18.3. The summed E-state index contributed by atoms with van der Waals surface area (Å²) in [6, 6.07) is 13.3. The first kappa shape index (κ1) is 20.4. The summed E-state index contributed by atoms with van der Waals surface area (Å²) in [5.41, 5.74) is 1.02. The fourth-order valence-corrected chi connectivity index (χ4v) is 7.10. The van der Waals surface area contributed by atoms with Crippen LogP contribution in [-0.2, 0) is 10.0 Å². The van der Waals surface area contributed by atoms with Crippen LogP contribution in [-0.4, -0.2) is 37.2 Å². The van der Waals surface area contributed by atoms with Gasteiger partial charge in [0.15, 0.2) is 0 Å². The van der Waals surface area contributed by atoms with Crippen molar-refractivity contribution in [3.05, 3.63) is 75.8 Å². The lowest BCUT2D eigenvalue weighted by atomic mass is 9.76. The van der Waals surface area contributed by atoms with Gasteiger partial charge in [-0.3, -0.25) is 14.5 Å². The van der Waals surface area contributed by atoms with Crippen LogP contribution in [0.3, 0.4) is 0 Å². The molecule has 2 aliphatic heterocycles. The fraction of sp³-hybridized carbons (Fsp3) is 0.304. The maximum absolute atomic E-state index is 13.3. The molecule has 3 aliphatic rings. The van der Waals surface area contributed by atoms with Crippen molar-refractivity contribution >= 4 is 38.3 Å². The Balaban J connectivity index is 1.66. The summed E-state index contributed by atoms with van der Waals surface area (Å²) in [6.45, 7) is -0.0590. The van der Waals surface area contributed by atoms with Crippen LogP contribution in [0.1, 0.15) is 58.4 Å². The third-order valence-electron chi connectivity index (χ3n) is 6.46. The Morgan fingerprint density at radius 1 is 0.903 bits per heavy atom. The number of nitrogens with one attached hydrogen (secondary N) is 1. The summed E-state index contributed by atoms with van der Waals surface area (Å²) in [4.78, 5) is 27.4. The van der Waals surface area contributed by atoms with Crippen molar-refractivity contribution < 1.29 is 18.0 Å². The molecule has 2 amide bonds. The van der Waals surface area contributed by atoms with Crippen LogP contribution >= 0.6 is 11.6 Å². The number of fused-ring (bicyclic) bond motifs is 1. The molecular weight excluding hydrogens is 436 g/mol. The summed E-state index contributed by atoms with van der Waals surface area (Å²) in [6.07, 6.45) is 4.06. The first-order valence-electron chi connectivity index (χ1n) is 10.3. The minimum absolute atomic E-state index is 0.0590. The Morgan fingerprint density at radius 2 is 1.48 bits per heavy atom. The summed E-state index contributed by atoms with van der Waals surface area (Å²) in [7, 11) is -3.82. The largest absolute Gasteiger partial charge is 0.270 e. The van der Waals surface area contributed by atoms with Gasteiger partial charge in [0.2, 0.25) is 10.0 Å². The van der Waals surface area contributed by atoms with Gasteiger partial charge >= 0.3 is 0 Å². The van der Waals surface area contributed by atoms with Crippen LogP contribution in [0.25, 0.3) is 4.91 Å². The number of nitrogens with zero attached hydrogens (tertiary/aromatic N) is 1. The molecule has 0 radical (unpaired) electrons. The van der Waals surface area contributed by atoms with Gasteiger partial charge in [-0.2, -0.15) is 0 Å². The highest BCUT2D eigenvalue weighted by Crippen LogP contribution is 2.46. The highest BCUT2D eigenvalue weighted by molar-refractivity contribution is 7.99. The van der Waals surface area contributed by atoms with Crippen molar-refractivity contribution in [3.8, 4) is 0 Å². The van der Waals surface area contributed by atoms with E-state index in [9.17, 15) is 18.0 Å². The lowest BCUT2D eigenvalue weighted by molar-refractivity contribution is 0.0662. The van der Waals surface area contributed by atoms with E-state index in [1.165, 1.54) is 4.90 Å². The minimum Gasteiger partial charge on any atom is -0.270 e. The van der Waals surface area contributed by atoms with Gasteiger partial charge < -0.3 is 0 Å². The summed E-state index contributed by atoms with van der Waals surface area (Å²) in [5, 5.41) is 0.502. The number of carbonyl (C=O) groups is 2. The minimum atomic E-state index is -3.82. The van der Waals surface area contributed by atoms with E-state index in [0.29, 0.717) is 40.1 Å². The highest BCUT2D eigenvalue weighted by atomic mass is 35.5. The molecule has 0 atom stereocenters. The second kappa shape index (κ2) is 7.29. The molecule has 5 rings (SSSR count). The maximum atomic E-state index is 13.3. The van der Waals surface area contributed by atoms with Crippen molar-refractivity contribution in [2.24, 2.45) is 0 Å². The smallest absolute Gasteiger partial charge is 0.261 e. The van der Waals surface area contributed by atoms with Gasteiger partial charge in [-0.1, -0.05) is 55.1 Å². The molecule has 2 heterocycles. The summed E-state index contributed by atoms with van der Waals surface area (Å²) >= 11 is 6.02. The topological polar surface area (TPSA) is 83.6 Å². The molecule has 31 heavy (non-hydrogen) atoms. The van der Waals surface area contributed by atoms with Crippen LogP contribution in [0, 0.1) is 0 Å². The Kier molecular flexibility index (Phi) is 4.80.